The minimum absolute atomic E-state index is 0.802. The molecule has 1 N–H and O–H groups in total. The summed E-state index contributed by atoms with van der Waals surface area (Å²) in [4.78, 5) is 2.69. The third-order valence-electron chi connectivity index (χ3n) is 4.83. The Hall–Kier alpha value is -0.0800. The zero-order chi connectivity index (χ0) is 12.6. The van der Waals surface area contributed by atoms with E-state index < -0.39 is 0 Å². The first-order valence-electron chi connectivity index (χ1n) is 8.34. The smallest absolute Gasteiger partial charge is 0.00914 e. The summed E-state index contributed by atoms with van der Waals surface area (Å²) in [5.74, 6) is 1.08. The van der Waals surface area contributed by atoms with Crippen molar-refractivity contribution in [1.29, 1.82) is 0 Å². The highest BCUT2D eigenvalue weighted by atomic mass is 15.1. The summed E-state index contributed by atoms with van der Waals surface area (Å²) in [7, 11) is 0. The van der Waals surface area contributed by atoms with Crippen LogP contribution < -0.4 is 5.32 Å². The molecule has 2 rings (SSSR count). The first-order chi connectivity index (χ1) is 8.88. The van der Waals surface area contributed by atoms with Gasteiger partial charge in [0.05, 0.1) is 0 Å². The molecule has 106 valence electrons. The molecule has 1 aliphatic heterocycles. The fourth-order valence-corrected chi connectivity index (χ4v) is 3.61. The van der Waals surface area contributed by atoms with Gasteiger partial charge >= 0.3 is 0 Å². The lowest BCUT2D eigenvalue weighted by Gasteiger charge is -2.32. The summed E-state index contributed by atoms with van der Waals surface area (Å²) in [6.45, 7) is 7.46. The van der Waals surface area contributed by atoms with Crippen LogP contribution in [0.3, 0.4) is 0 Å². The molecule has 0 spiro atoms. The molecule has 2 fully saturated rings. The fraction of sp³-hybridized carbons (Fsp3) is 1.00. The second-order valence-electron chi connectivity index (χ2n) is 6.36. The number of likely N-dealkylation sites (tertiary alicyclic amines) is 1. The van der Waals surface area contributed by atoms with Gasteiger partial charge in [0.25, 0.3) is 0 Å². The van der Waals surface area contributed by atoms with Crippen LogP contribution in [0.4, 0.5) is 0 Å². The molecule has 18 heavy (non-hydrogen) atoms. The molecule has 0 aromatic carbocycles. The Morgan fingerprint density at radius 2 is 1.78 bits per heavy atom. The molecule has 2 aliphatic rings. The van der Waals surface area contributed by atoms with Gasteiger partial charge in [0.15, 0.2) is 0 Å². The molecule has 2 nitrogen and oxygen atoms in total. The quantitative estimate of drug-likeness (QED) is 0.747. The van der Waals surface area contributed by atoms with Crippen LogP contribution >= 0.6 is 0 Å². The van der Waals surface area contributed by atoms with E-state index in [0.717, 1.165) is 12.0 Å². The number of nitrogens with one attached hydrogen (secondary N) is 1. The van der Waals surface area contributed by atoms with Gasteiger partial charge in [-0.25, -0.2) is 0 Å². The van der Waals surface area contributed by atoms with Crippen LogP contribution in [0.2, 0.25) is 0 Å². The lowest BCUT2D eigenvalue weighted by atomic mass is 10.0. The second kappa shape index (κ2) is 8.16. The maximum Gasteiger partial charge on any atom is 0.00914 e. The van der Waals surface area contributed by atoms with Crippen molar-refractivity contribution >= 4 is 0 Å². The van der Waals surface area contributed by atoms with Crippen LogP contribution in [0.1, 0.15) is 64.7 Å². The maximum atomic E-state index is 3.67. The molecule has 1 aliphatic carbocycles. The lowest BCUT2D eigenvalue weighted by Crippen LogP contribution is -2.43. The van der Waals surface area contributed by atoms with E-state index in [2.05, 4.69) is 17.1 Å². The standard InChI is InChI=1S/C16H32N2/c1-2-11-17-16-9-13-18(14-10-16)12-5-8-15-6-3-4-7-15/h15-17H,2-14H2,1H3. The van der Waals surface area contributed by atoms with Crippen molar-refractivity contribution in [2.45, 2.75) is 70.8 Å². The monoisotopic (exact) mass is 252 g/mol. The van der Waals surface area contributed by atoms with Gasteiger partial charge in [-0.05, 0) is 64.2 Å². The van der Waals surface area contributed by atoms with E-state index in [0.29, 0.717) is 0 Å². The van der Waals surface area contributed by atoms with E-state index in [-0.39, 0.29) is 0 Å². The van der Waals surface area contributed by atoms with Crippen molar-refractivity contribution in [2.24, 2.45) is 5.92 Å². The van der Waals surface area contributed by atoms with Gasteiger partial charge in [-0.15, -0.1) is 0 Å². The Kier molecular flexibility index (Phi) is 6.50. The zero-order valence-electron chi connectivity index (χ0n) is 12.3. The first-order valence-corrected chi connectivity index (χ1v) is 8.34. The van der Waals surface area contributed by atoms with Crippen molar-refractivity contribution in [1.82, 2.24) is 10.2 Å². The molecule has 1 heterocycles. The Balaban J connectivity index is 1.50. The number of piperidine rings is 1. The van der Waals surface area contributed by atoms with Gasteiger partial charge in [-0.3, -0.25) is 0 Å². The third-order valence-corrected chi connectivity index (χ3v) is 4.83. The molecule has 0 aromatic rings. The van der Waals surface area contributed by atoms with Gasteiger partial charge < -0.3 is 10.2 Å². The minimum Gasteiger partial charge on any atom is -0.314 e. The van der Waals surface area contributed by atoms with Crippen LogP contribution in [0.15, 0.2) is 0 Å². The number of hydrogen-bond donors (Lipinski definition) is 1. The summed E-state index contributed by atoms with van der Waals surface area (Å²) in [5, 5.41) is 3.67. The normalized spacial score (nSPS) is 23.8. The van der Waals surface area contributed by atoms with Crippen molar-refractivity contribution in [2.75, 3.05) is 26.2 Å². The highest BCUT2D eigenvalue weighted by molar-refractivity contribution is 4.77. The third kappa shape index (κ3) is 4.89. The van der Waals surface area contributed by atoms with Gasteiger partial charge in [0.2, 0.25) is 0 Å². The van der Waals surface area contributed by atoms with Gasteiger partial charge in [0, 0.05) is 6.04 Å². The molecular formula is C16H32N2. The molecular weight excluding hydrogens is 220 g/mol. The first kappa shape index (κ1) is 14.3. The van der Waals surface area contributed by atoms with Crippen molar-refractivity contribution in [3.8, 4) is 0 Å². The average molecular weight is 252 g/mol. The molecule has 0 unspecified atom stereocenters. The molecule has 0 atom stereocenters. The summed E-state index contributed by atoms with van der Waals surface area (Å²) in [6, 6.07) is 0.802. The largest absolute Gasteiger partial charge is 0.314 e. The van der Waals surface area contributed by atoms with Crippen LogP contribution in [0.5, 0.6) is 0 Å². The van der Waals surface area contributed by atoms with E-state index >= 15 is 0 Å². The number of hydrogen-bond acceptors (Lipinski definition) is 2. The molecule has 1 saturated carbocycles. The Morgan fingerprint density at radius 1 is 1.06 bits per heavy atom. The van der Waals surface area contributed by atoms with E-state index in [1.54, 1.807) is 0 Å². The SMILES string of the molecule is CCCNC1CCN(CCCC2CCCC2)CC1. The van der Waals surface area contributed by atoms with Crippen molar-refractivity contribution < 1.29 is 0 Å². The topological polar surface area (TPSA) is 15.3 Å². The molecule has 1 saturated heterocycles. The molecule has 2 heteroatoms. The highest BCUT2D eigenvalue weighted by Gasteiger charge is 2.19. The van der Waals surface area contributed by atoms with Crippen molar-refractivity contribution in [3.63, 3.8) is 0 Å². The second-order valence-corrected chi connectivity index (χ2v) is 6.36. The van der Waals surface area contributed by atoms with E-state index in [4.69, 9.17) is 0 Å². The molecule has 0 amide bonds. The number of rotatable bonds is 7. The van der Waals surface area contributed by atoms with Crippen LogP contribution in [0.25, 0.3) is 0 Å². The van der Waals surface area contributed by atoms with E-state index in [1.807, 2.05) is 0 Å². The molecule has 0 bridgehead atoms. The molecule has 0 radical (unpaired) electrons. The van der Waals surface area contributed by atoms with Crippen LogP contribution in [-0.2, 0) is 0 Å². The predicted octanol–water partition coefficient (Wildman–Crippen LogP) is 3.42. The number of nitrogens with zero attached hydrogens (tertiary/aromatic N) is 1. The van der Waals surface area contributed by atoms with E-state index in [9.17, 15) is 0 Å². The Labute approximate surface area is 114 Å². The fourth-order valence-electron chi connectivity index (χ4n) is 3.61. The highest BCUT2D eigenvalue weighted by Crippen LogP contribution is 2.28. The maximum absolute atomic E-state index is 3.67. The average Bonchev–Trinajstić information content (AvgIpc) is 2.91. The summed E-state index contributed by atoms with van der Waals surface area (Å²) >= 11 is 0. The summed E-state index contributed by atoms with van der Waals surface area (Å²) < 4.78 is 0. The Morgan fingerprint density at radius 3 is 2.44 bits per heavy atom. The summed E-state index contributed by atoms with van der Waals surface area (Å²) in [6.07, 6.45) is 13.0. The van der Waals surface area contributed by atoms with Crippen LogP contribution in [0, 0.1) is 5.92 Å². The van der Waals surface area contributed by atoms with Crippen molar-refractivity contribution in [3.05, 3.63) is 0 Å². The van der Waals surface area contributed by atoms with Crippen LogP contribution in [-0.4, -0.2) is 37.1 Å². The minimum atomic E-state index is 0.802. The van der Waals surface area contributed by atoms with Gasteiger partial charge in [-0.2, -0.15) is 0 Å². The van der Waals surface area contributed by atoms with E-state index in [1.165, 1.54) is 84.0 Å². The zero-order valence-corrected chi connectivity index (χ0v) is 12.3. The Bertz CT molecular complexity index is 203. The van der Waals surface area contributed by atoms with Gasteiger partial charge in [0.1, 0.15) is 0 Å². The summed E-state index contributed by atoms with van der Waals surface area (Å²) in [5.41, 5.74) is 0. The van der Waals surface area contributed by atoms with Gasteiger partial charge in [-0.1, -0.05) is 32.6 Å². The molecule has 0 aromatic heterocycles. The lowest BCUT2D eigenvalue weighted by molar-refractivity contribution is 0.192. The predicted molar refractivity (Wildman–Crippen MR) is 78.9 cm³/mol.